The number of nitrogens with one attached hydrogen (secondary N) is 6. The summed E-state index contributed by atoms with van der Waals surface area (Å²) in [4.78, 5) is 116. The summed E-state index contributed by atoms with van der Waals surface area (Å²) in [6, 6.07) is -6.52. The zero-order valence-electron chi connectivity index (χ0n) is 27.6. The van der Waals surface area contributed by atoms with Gasteiger partial charge in [0.25, 0.3) is 0 Å². The van der Waals surface area contributed by atoms with Crippen molar-refractivity contribution in [1.82, 2.24) is 36.8 Å². The van der Waals surface area contributed by atoms with Gasteiger partial charge in [-0.3, -0.25) is 43.2 Å². The quantitative estimate of drug-likeness (QED) is 0.127. The molecule has 2 fully saturated rings. The Balaban J connectivity index is 2.52. The number of carboxylic acids is 2. The molecule has 0 aromatic carbocycles. The van der Waals surface area contributed by atoms with Crippen LogP contribution in [0.3, 0.4) is 0 Å². The van der Waals surface area contributed by atoms with Crippen LogP contribution in [-0.4, -0.2) is 118 Å². The van der Waals surface area contributed by atoms with Gasteiger partial charge in [-0.15, -0.1) is 0 Å². The molecule has 0 saturated carbocycles. The summed E-state index contributed by atoms with van der Waals surface area (Å²) in [6.45, 7) is 6.07. The van der Waals surface area contributed by atoms with Crippen LogP contribution >= 0.6 is 0 Å². The Bertz CT molecular complexity index is 1260. The lowest BCUT2D eigenvalue weighted by atomic mass is 9.96. The van der Waals surface area contributed by atoms with Gasteiger partial charge in [0.15, 0.2) is 0 Å². The van der Waals surface area contributed by atoms with E-state index in [1.807, 2.05) is 13.8 Å². The van der Waals surface area contributed by atoms with Gasteiger partial charge in [0.1, 0.15) is 30.2 Å². The average molecular weight is 682 g/mol. The van der Waals surface area contributed by atoms with E-state index in [9.17, 15) is 53.4 Å². The molecule has 2 rings (SSSR count). The highest BCUT2D eigenvalue weighted by Crippen LogP contribution is 2.21. The molecule has 18 heteroatoms. The third kappa shape index (κ3) is 12.1. The molecule has 2 heterocycles. The van der Waals surface area contributed by atoms with Crippen LogP contribution in [-0.2, 0) is 43.2 Å². The number of hydrogen-bond acceptors (Lipinski definition) is 9. The molecular formula is C30H47N7O11. The third-order valence-corrected chi connectivity index (χ3v) is 8.13. The lowest BCUT2D eigenvalue weighted by Gasteiger charge is -2.32. The minimum atomic E-state index is -1.73. The Morgan fingerprint density at radius 3 is 2.02 bits per heavy atom. The number of hydrogen-bond donors (Lipinski definition) is 8. The summed E-state index contributed by atoms with van der Waals surface area (Å²) in [5, 5.41) is 33.0. The second kappa shape index (κ2) is 18.5. The van der Waals surface area contributed by atoms with Gasteiger partial charge in [-0.05, 0) is 37.5 Å². The van der Waals surface area contributed by atoms with E-state index in [1.54, 1.807) is 13.8 Å². The van der Waals surface area contributed by atoms with E-state index in [4.69, 9.17) is 0 Å². The molecule has 2 aliphatic heterocycles. The van der Waals surface area contributed by atoms with Crippen LogP contribution < -0.4 is 31.9 Å². The summed E-state index contributed by atoms with van der Waals surface area (Å²) in [5.41, 5.74) is 0. The Morgan fingerprint density at radius 1 is 0.771 bits per heavy atom. The van der Waals surface area contributed by atoms with Crippen LogP contribution in [0.5, 0.6) is 0 Å². The number of aliphatic carboxylic acids is 2. The van der Waals surface area contributed by atoms with E-state index in [0.717, 1.165) is 0 Å². The van der Waals surface area contributed by atoms with Crippen LogP contribution in [0, 0.1) is 11.8 Å². The second-order valence-electron chi connectivity index (χ2n) is 12.5. The number of fused-ring (bicyclic) bond motifs is 1. The number of carbonyl (C=O) groups is 9. The van der Waals surface area contributed by atoms with Gasteiger partial charge in [0.05, 0.1) is 19.5 Å². The highest BCUT2D eigenvalue weighted by Gasteiger charge is 2.40. The first-order chi connectivity index (χ1) is 22.5. The zero-order valence-corrected chi connectivity index (χ0v) is 27.6. The first kappa shape index (κ1) is 39.4. The summed E-state index contributed by atoms with van der Waals surface area (Å²) >= 11 is 0. The summed E-state index contributed by atoms with van der Waals surface area (Å²) < 4.78 is 0. The maximum Gasteiger partial charge on any atom is 0.305 e. The van der Waals surface area contributed by atoms with Crippen molar-refractivity contribution in [3.63, 3.8) is 0 Å². The fourth-order valence-electron chi connectivity index (χ4n) is 5.38. The monoisotopic (exact) mass is 681 g/mol. The predicted octanol–water partition coefficient (Wildman–Crippen LogP) is -2.41. The fourth-order valence-corrected chi connectivity index (χ4v) is 5.38. The largest absolute Gasteiger partial charge is 0.481 e. The highest BCUT2D eigenvalue weighted by atomic mass is 16.4. The smallest absolute Gasteiger partial charge is 0.305 e. The average Bonchev–Trinajstić information content (AvgIpc) is 3.51. The van der Waals surface area contributed by atoms with Crippen molar-refractivity contribution < 1.29 is 53.4 Å². The van der Waals surface area contributed by atoms with Crippen molar-refractivity contribution in [2.75, 3.05) is 19.6 Å². The number of nitrogens with zero attached hydrogens (tertiary/aromatic N) is 1. The molecule has 0 spiro atoms. The van der Waals surface area contributed by atoms with Crippen molar-refractivity contribution in [3.8, 4) is 0 Å². The Kier molecular flexibility index (Phi) is 15.2. The van der Waals surface area contributed by atoms with Crippen molar-refractivity contribution in [2.45, 2.75) is 103 Å². The SMILES string of the molecule is CC[C@H](C)[C@@H]1NC(=O)[C@@H]2CCCN2C(=O)[C@H](CC(C)C)NC(=O)CNC(=O)CNC(=O)[C@H](CC(=O)O)NC(=O)[C@H](CCC(=O)O)NC1=O. The van der Waals surface area contributed by atoms with Crippen LogP contribution in [0.4, 0.5) is 0 Å². The van der Waals surface area contributed by atoms with E-state index in [2.05, 4.69) is 31.9 Å². The highest BCUT2D eigenvalue weighted by molar-refractivity contribution is 5.98. The molecule has 0 radical (unpaired) electrons. The topological polar surface area (TPSA) is 270 Å². The number of carboxylic acid groups (broad SMARTS) is 2. The van der Waals surface area contributed by atoms with Crippen molar-refractivity contribution >= 4 is 53.3 Å². The molecule has 7 amide bonds. The van der Waals surface area contributed by atoms with E-state index in [1.165, 1.54) is 4.90 Å². The molecule has 6 atom stereocenters. The number of rotatable bonds is 9. The number of amides is 7. The summed E-state index contributed by atoms with van der Waals surface area (Å²) in [5.74, 6) is -9.02. The molecule has 18 nitrogen and oxygen atoms in total. The van der Waals surface area contributed by atoms with Gasteiger partial charge >= 0.3 is 11.9 Å². The van der Waals surface area contributed by atoms with Crippen molar-refractivity contribution in [1.29, 1.82) is 0 Å². The summed E-state index contributed by atoms with van der Waals surface area (Å²) in [7, 11) is 0. The van der Waals surface area contributed by atoms with Crippen LogP contribution in [0.15, 0.2) is 0 Å². The Hall–Kier alpha value is -4.77. The van der Waals surface area contributed by atoms with Gasteiger partial charge < -0.3 is 47.0 Å². The molecule has 268 valence electrons. The zero-order chi connectivity index (χ0) is 36.1. The summed E-state index contributed by atoms with van der Waals surface area (Å²) in [6.07, 6.45) is -0.576. The van der Waals surface area contributed by atoms with Gasteiger partial charge in [-0.25, -0.2) is 0 Å². The normalized spacial score (nSPS) is 26.1. The first-order valence-electron chi connectivity index (χ1n) is 16.0. The van der Waals surface area contributed by atoms with Gasteiger partial charge in [-0.1, -0.05) is 34.1 Å². The van der Waals surface area contributed by atoms with Crippen molar-refractivity contribution in [2.24, 2.45) is 11.8 Å². The standard InChI is InChI=1S/C30H47N7O11/c1-5-16(4)25-29(47)34-17(8-9-23(40)41)27(45)35-18(12-24(42)43)26(44)32-13-21(38)31-14-22(39)33-19(11-15(2)3)30(48)37-10-6-7-20(37)28(46)36-25/h15-20,25H,5-14H2,1-4H3,(H,31,38)(H,32,44)(H,33,39)(H,34,47)(H,35,45)(H,36,46)(H,40,41)(H,42,43)/t16-,17-,18-,19-,20-,25-/m0/s1. The van der Waals surface area contributed by atoms with Gasteiger partial charge in [0, 0.05) is 13.0 Å². The maximum absolute atomic E-state index is 13.7. The van der Waals surface area contributed by atoms with E-state index in [-0.39, 0.29) is 25.3 Å². The molecule has 8 N–H and O–H groups in total. The first-order valence-corrected chi connectivity index (χ1v) is 16.0. The molecule has 2 saturated heterocycles. The second-order valence-corrected chi connectivity index (χ2v) is 12.5. The molecule has 0 aromatic heterocycles. The lowest BCUT2D eigenvalue weighted by molar-refractivity contribution is -0.143. The van der Waals surface area contributed by atoms with Gasteiger partial charge in [-0.2, -0.15) is 0 Å². The Labute approximate surface area is 277 Å². The van der Waals surface area contributed by atoms with Gasteiger partial charge in [0.2, 0.25) is 41.4 Å². The third-order valence-electron chi connectivity index (χ3n) is 8.13. The van der Waals surface area contributed by atoms with Crippen molar-refractivity contribution in [3.05, 3.63) is 0 Å². The molecule has 2 aliphatic rings. The van der Waals surface area contributed by atoms with Crippen LogP contribution in [0.1, 0.15) is 72.6 Å². The van der Waals surface area contributed by atoms with E-state index >= 15 is 0 Å². The molecule has 48 heavy (non-hydrogen) atoms. The lowest BCUT2D eigenvalue weighted by Crippen LogP contribution is -2.60. The molecule has 0 aromatic rings. The molecule has 0 bridgehead atoms. The van der Waals surface area contributed by atoms with Crippen LogP contribution in [0.25, 0.3) is 0 Å². The van der Waals surface area contributed by atoms with Crippen LogP contribution in [0.2, 0.25) is 0 Å². The number of carbonyl (C=O) groups excluding carboxylic acids is 7. The Morgan fingerprint density at radius 2 is 1.42 bits per heavy atom. The predicted molar refractivity (Wildman–Crippen MR) is 167 cm³/mol. The maximum atomic E-state index is 13.7. The minimum Gasteiger partial charge on any atom is -0.481 e. The minimum absolute atomic E-state index is 0.0453. The molecule has 0 unspecified atom stereocenters. The fraction of sp³-hybridized carbons (Fsp3) is 0.700. The molecule has 0 aliphatic carbocycles. The van der Waals surface area contributed by atoms with E-state index in [0.29, 0.717) is 12.8 Å². The van der Waals surface area contributed by atoms with E-state index < -0.39 is 122 Å². The molecular weight excluding hydrogens is 634 g/mol.